The SMILES string of the molecule is CC(C(=O)NN)c1c(Cl)cccc1Cl. The highest BCUT2D eigenvalue weighted by molar-refractivity contribution is 6.36. The van der Waals surface area contributed by atoms with E-state index in [2.05, 4.69) is 5.43 Å². The third-order valence-electron chi connectivity index (χ3n) is 1.97. The molecule has 0 saturated carbocycles. The number of benzene rings is 1. The molecule has 1 amide bonds. The van der Waals surface area contributed by atoms with Crippen LogP contribution in [0, 0.1) is 0 Å². The number of hydrazine groups is 1. The molecule has 0 radical (unpaired) electrons. The highest BCUT2D eigenvalue weighted by atomic mass is 35.5. The summed E-state index contributed by atoms with van der Waals surface area (Å²) in [7, 11) is 0. The molecule has 3 N–H and O–H groups in total. The van der Waals surface area contributed by atoms with Gasteiger partial charge in [0.15, 0.2) is 0 Å². The fourth-order valence-corrected chi connectivity index (χ4v) is 1.91. The van der Waals surface area contributed by atoms with Crippen LogP contribution in [-0.2, 0) is 4.79 Å². The van der Waals surface area contributed by atoms with Crippen LogP contribution in [0.3, 0.4) is 0 Å². The molecule has 0 spiro atoms. The van der Waals surface area contributed by atoms with Gasteiger partial charge in [-0.2, -0.15) is 0 Å². The van der Waals surface area contributed by atoms with Gasteiger partial charge >= 0.3 is 0 Å². The third-order valence-corrected chi connectivity index (χ3v) is 2.63. The molecule has 1 atom stereocenters. The molecule has 0 aliphatic heterocycles. The summed E-state index contributed by atoms with van der Waals surface area (Å²) in [6.45, 7) is 1.69. The predicted octanol–water partition coefficient (Wildman–Crippen LogP) is 2.09. The quantitative estimate of drug-likeness (QED) is 0.466. The van der Waals surface area contributed by atoms with Gasteiger partial charge in [0.1, 0.15) is 0 Å². The minimum absolute atomic E-state index is 0.319. The molecule has 0 aromatic heterocycles. The second kappa shape index (κ2) is 4.64. The van der Waals surface area contributed by atoms with Gasteiger partial charge < -0.3 is 0 Å². The normalized spacial score (nSPS) is 12.3. The molecule has 76 valence electrons. The van der Waals surface area contributed by atoms with Crippen LogP contribution in [0.15, 0.2) is 18.2 Å². The molecule has 1 aromatic carbocycles. The van der Waals surface area contributed by atoms with Crippen LogP contribution in [0.4, 0.5) is 0 Å². The van der Waals surface area contributed by atoms with Crippen LogP contribution in [0.5, 0.6) is 0 Å². The van der Waals surface area contributed by atoms with Crippen molar-refractivity contribution < 1.29 is 4.79 Å². The van der Waals surface area contributed by atoms with Crippen molar-refractivity contribution in [2.24, 2.45) is 5.84 Å². The molecule has 1 unspecified atom stereocenters. The smallest absolute Gasteiger partial charge is 0.241 e. The Morgan fingerprint density at radius 2 is 1.93 bits per heavy atom. The lowest BCUT2D eigenvalue weighted by atomic mass is 10.0. The Morgan fingerprint density at radius 3 is 2.36 bits per heavy atom. The van der Waals surface area contributed by atoms with E-state index < -0.39 is 5.92 Å². The van der Waals surface area contributed by atoms with Gasteiger partial charge in [0.25, 0.3) is 0 Å². The van der Waals surface area contributed by atoms with Gasteiger partial charge in [0.2, 0.25) is 5.91 Å². The summed E-state index contributed by atoms with van der Waals surface area (Å²) in [6.07, 6.45) is 0. The van der Waals surface area contributed by atoms with Gasteiger partial charge in [-0.25, -0.2) is 5.84 Å². The third kappa shape index (κ3) is 2.18. The van der Waals surface area contributed by atoms with E-state index in [0.29, 0.717) is 15.6 Å². The van der Waals surface area contributed by atoms with Crippen molar-refractivity contribution >= 4 is 29.1 Å². The lowest BCUT2D eigenvalue weighted by Crippen LogP contribution is -2.33. The Hall–Kier alpha value is -0.770. The van der Waals surface area contributed by atoms with E-state index in [0.717, 1.165) is 0 Å². The molecular formula is C9H10Cl2N2O. The van der Waals surface area contributed by atoms with E-state index in [-0.39, 0.29) is 5.91 Å². The number of carbonyl (C=O) groups excluding carboxylic acids is 1. The Morgan fingerprint density at radius 1 is 1.43 bits per heavy atom. The fraction of sp³-hybridized carbons (Fsp3) is 0.222. The van der Waals surface area contributed by atoms with Crippen LogP contribution in [0.2, 0.25) is 10.0 Å². The van der Waals surface area contributed by atoms with Crippen LogP contribution in [0.1, 0.15) is 18.4 Å². The molecule has 0 aliphatic rings. The summed E-state index contributed by atoms with van der Waals surface area (Å²) in [4.78, 5) is 11.3. The Kier molecular flexibility index (Phi) is 3.75. The van der Waals surface area contributed by atoms with Gasteiger partial charge in [0.05, 0.1) is 5.92 Å². The number of rotatable bonds is 2. The molecule has 3 nitrogen and oxygen atoms in total. The minimum atomic E-state index is -0.457. The van der Waals surface area contributed by atoms with Crippen molar-refractivity contribution in [3.8, 4) is 0 Å². The number of halogens is 2. The topological polar surface area (TPSA) is 55.1 Å². The van der Waals surface area contributed by atoms with Crippen molar-refractivity contribution in [3.05, 3.63) is 33.8 Å². The average Bonchev–Trinajstić information content (AvgIpc) is 2.16. The molecular weight excluding hydrogens is 223 g/mol. The fourth-order valence-electron chi connectivity index (χ4n) is 1.18. The second-order valence-electron chi connectivity index (χ2n) is 2.87. The number of nitrogens with two attached hydrogens (primary N) is 1. The highest BCUT2D eigenvalue weighted by Gasteiger charge is 2.19. The highest BCUT2D eigenvalue weighted by Crippen LogP contribution is 2.31. The first kappa shape index (κ1) is 11.3. The first-order chi connectivity index (χ1) is 6.57. The van der Waals surface area contributed by atoms with Crippen molar-refractivity contribution in [2.45, 2.75) is 12.8 Å². The first-order valence-corrected chi connectivity index (χ1v) is 4.78. The summed E-state index contributed by atoms with van der Waals surface area (Å²) in [5.74, 6) is 4.25. The minimum Gasteiger partial charge on any atom is -0.294 e. The van der Waals surface area contributed by atoms with Crippen LogP contribution in [0.25, 0.3) is 0 Å². The van der Waals surface area contributed by atoms with Crippen LogP contribution >= 0.6 is 23.2 Å². The van der Waals surface area contributed by atoms with Gasteiger partial charge in [0, 0.05) is 15.6 Å². The van der Waals surface area contributed by atoms with Crippen molar-refractivity contribution in [1.82, 2.24) is 5.43 Å². The van der Waals surface area contributed by atoms with Crippen LogP contribution < -0.4 is 11.3 Å². The zero-order chi connectivity index (χ0) is 10.7. The Labute approximate surface area is 92.2 Å². The maximum atomic E-state index is 11.3. The zero-order valence-electron chi connectivity index (χ0n) is 7.55. The van der Waals surface area contributed by atoms with E-state index in [1.165, 1.54) is 0 Å². The molecule has 0 saturated heterocycles. The number of carbonyl (C=O) groups is 1. The molecule has 0 aliphatic carbocycles. The molecule has 0 bridgehead atoms. The zero-order valence-corrected chi connectivity index (χ0v) is 9.06. The molecule has 0 fully saturated rings. The molecule has 0 heterocycles. The Balaban J connectivity index is 3.11. The maximum absolute atomic E-state index is 11.3. The summed E-state index contributed by atoms with van der Waals surface area (Å²) in [5, 5.41) is 0.933. The number of hydrogen-bond acceptors (Lipinski definition) is 2. The summed E-state index contributed by atoms with van der Waals surface area (Å²) >= 11 is 11.8. The van der Waals surface area contributed by atoms with Gasteiger partial charge in [-0.15, -0.1) is 0 Å². The van der Waals surface area contributed by atoms with Crippen molar-refractivity contribution in [2.75, 3.05) is 0 Å². The van der Waals surface area contributed by atoms with E-state index in [9.17, 15) is 4.79 Å². The summed E-state index contributed by atoms with van der Waals surface area (Å²) in [5.41, 5.74) is 2.66. The monoisotopic (exact) mass is 232 g/mol. The molecule has 1 rings (SSSR count). The lowest BCUT2D eigenvalue weighted by molar-refractivity contribution is -0.122. The van der Waals surface area contributed by atoms with E-state index in [4.69, 9.17) is 29.0 Å². The van der Waals surface area contributed by atoms with E-state index in [1.54, 1.807) is 25.1 Å². The summed E-state index contributed by atoms with van der Waals surface area (Å²) in [6, 6.07) is 5.09. The molecule has 14 heavy (non-hydrogen) atoms. The Bertz CT molecular complexity index is 334. The predicted molar refractivity (Wildman–Crippen MR) is 57.2 cm³/mol. The van der Waals surface area contributed by atoms with Crippen molar-refractivity contribution in [1.29, 1.82) is 0 Å². The number of hydrogen-bond donors (Lipinski definition) is 2. The number of nitrogens with one attached hydrogen (secondary N) is 1. The van der Waals surface area contributed by atoms with Crippen molar-refractivity contribution in [3.63, 3.8) is 0 Å². The van der Waals surface area contributed by atoms with Gasteiger partial charge in [-0.05, 0) is 19.1 Å². The lowest BCUT2D eigenvalue weighted by Gasteiger charge is -2.13. The second-order valence-corrected chi connectivity index (χ2v) is 3.68. The number of amides is 1. The van der Waals surface area contributed by atoms with E-state index >= 15 is 0 Å². The average molecular weight is 233 g/mol. The van der Waals surface area contributed by atoms with Gasteiger partial charge in [-0.1, -0.05) is 29.3 Å². The molecule has 1 aromatic rings. The van der Waals surface area contributed by atoms with Crippen LogP contribution in [-0.4, -0.2) is 5.91 Å². The molecule has 5 heteroatoms. The van der Waals surface area contributed by atoms with E-state index in [1.807, 2.05) is 0 Å². The first-order valence-electron chi connectivity index (χ1n) is 4.02. The largest absolute Gasteiger partial charge is 0.294 e. The van der Waals surface area contributed by atoms with Gasteiger partial charge in [-0.3, -0.25) is 10.2 Å². The maximum Gasteiger partial charge on any atom is 0.241 e. The standard InChI is InChI=1S/C9H10Cl2N2O/c1-5(9(14)13-12)8-6(10)3-2-4-7(8)11/h2-5H,12H2,1H3,(H,13,14). The summed E-state index contributed by atoms with van der Waals surface area (Å²) < 4.78 is 0.